The molecule has 3 rings (SSSR count). The maximum absolute atomic E-state index is 4.15. The number of benzene rings is 2. The molecule has 84 valence electrons. The second kappa shape index (κ2) is 4.10. The van der Waals surface area contributed by atoms with Crippen molar-refractivity contribution in [3.05, 3.63) is 78.4 Å². The van der Waals surface area contributed by atoms with Crippen molar-refractivity contribution in [1.29, 1.82) is 0 Å². The summed E-state index contributed by atoms with van der Waals surface area (Å²) in [6, 6.07) is 21.4. The number of anilines is 1. The SMILES string of the molecule is C=C1CN(c2ccccc2)C1c1ccccc1. The van der Waals surface area contributed by atoms with E-state index in [9.17, 15) is 0 Å². The maximum atomic E-state index is 4.15. The molecule has 1 atom stereocenters. The van der Waals surface area contributed by atoms with Crippen molar-refractivity contribution >= 4 is 5.69 Å². The summed E-state index contributed by atoms with van der Waals surface area (Å²) in [7, 11) is 0. The van der Waals surface area contributed by atoms with E-state index in [1.807, 2.05) is 0 Å². The van der Waals surface area contributed by atoms with E-state index < -0.39 is 0 Å². The first kappa shape index (κ1) is 10.2. The summed E-state index contributed by atoms with van der Waals surface area (Å²) in [5, 5.41) is 0. The molecule has 0 amide bonds. The number of rotatable bonds is 2. The van der Waals surface area contributed by atoms with Crippen molar-refractivity contribution in [2.75, 3.05) is 11.4 Å². The van der Waals surface area contributed by atoms with Gasteiger partial charge in [0.1, 0.15) is 0 Å². The van der Waals surface area contributed by atoms with Gasteiger partial charge in [-0.3, -0.25) is 0 Å². The zero-order valence-corrected chi connectivity index (χ0v) is 9.71. The third kappa shape index (κ3) is 1.74. The first-order valence-electron chi connectivity index (χ1n) is 5.90. The lowest BCUT2D eigenvalue weighted by molar-refractivity contribution is 0.608. The highest BCUT2D eigenvalue weighted by molar-refractivity contribution is 5.58. The minimum absolute atomic E-state index is 0.346. The van der Waals surface area contributed by atoms with Crippen LogP contribution in [0.1, 0.15) is 11.6 Å². The van der Waals surface area contributed by atoms with E-state index >= 15 is 0 Å². The molecule has 1 saturated heterocycles. The van der Waals surface area contributed by atoms with E-state index in [-0.39, 0.29) is 0 Å². The second-order valence-corrected chi connectivity index (χ2v) is 4.43. The minimum atomic E-state index is 0.346. The molecule has 0 N–H and O–H groups in total. The van der Waals surface area contributed by atoms with Crippen LogP contribution in [0.25, 0.3) is 0 Å². The Hall–Kier alpha value is -2.02. The fourth-order valence-corrected chi connectivity index (χ4v) is 2.42. The zero-order valence-electron chi connectivity index (χ0n) is 9.71. The van der Waals surface area contributed by atoms with Gasteiger partial charge in [-0.2, -0.15) is 0 Å². The van der Waals surface area contributed by atoms with Crippen molar-refractivity contribution in [3.63, 3.8) is 0 Å². The lowest BCUT2D eigenvalue weighted by Crippen LogP contribution is -2.43. The van der Waals surface area contributed by atoms with Gasteiger partial charge in [-0.05, 0) is 23.3 Å². The molecule has 1 unspecified atom stereocenters. The monoisotopic (exact) mass is 221 g/mol. The van der Waals surface area contributed by atoms with Crippen LogP contribution in [0.2, 0.25) is 0 Å². The number of nitrogens with zero attached hydrogens (tertiary/aromatic N) is 1. The Morgan fingerprint density at radius 2 is 1.47 bits per heavy atom. The van der Waals surface area contributed by atoms with Gasteiger partial charge >= 0.3 is 0 Å². The van der Waals surface area contributed by atoms with E-state index in [1.54, 1.807) is 0 Å². The lowest BCUT2D eigenvalue weighted by atomic mass is 9.89. The van der Waals surface area contributed by atoms with Crippen molar-refractivity contribution in [2.24, 2.45) is 0 Å². The molecule has 1 aliphatic rings. The summed E-state index contributed by atoms with van der Waals surface area (Å²) in [5.74, 6) is 0. The number of hydrogen-bond acceptors (Lipinski definition) is 1. The van der Waals surface area contributed by atoms with Gasteiger partial charge in [-0.25, -0.2) is 0 Å². The topological polar surface area (TPSA) is 3.24 Å². The summed E-state index contributed by atoms with van der Waals surface area (Å²) in [5.41, 5.74) is 3.89. The van der Waals surface area contributed by atoms with E-state index in [2.05, 4.69) is 72.1 Å². The third-order valence-electron chi connectivity index (χ3n) is 3.27. The summed E-state index contributed by atoms with van der Waals surface area (Å²) in [6.45, 7) is 5.11. The Balaban J connectivity index is 1.92. The van der Waals surface area contributed by atoms with Gasteiger partial charge < -0.3 is 4.90 Å². The highest BCUT2D eigenvalue weighted by Crippen LogP contribution is 2.40. The van der Waals surface area contributed by atoms with Gasteiger partial charge in [0.15, 0.2) is 0 Å². The smallest absolute Gasteiger partial charge is 0.0774 e. The van der Waals surface area contributed by atoms with Crippen LogP contribution in [0.5, 0.6) is 0 Å². The second-order valence-electron chi connectivity index (χ2n) is 4.43. The van der Waals surface area contributed by atoms with Gasteiger partial charge in [-0.1, -0.05) is 55.1 Å². The van der Waals surface area contributed by atoms with E-state index in [0.717, 1.165) is 6.54 Å². The molecule has 0 saturated carbocycles. The van der Waals surface area contributed by atoms with Crippen LogP contribution in [0, 0.1) is 0 Å². The molecule has 17 heavy (non-hydrogen) atoms. The third-order valence-corrected chi connectivity index (χ3v) is 3.27. The maximum Gasteiger partial charge on any atom is 0.0774 e. The summed E-state index contributed by atoms with van der Waals surface area (Å²) >= 11 is 0. The molecule has 2 aromatic rings. The molecule has 1 heteroatoms. The van der Waals surface area contributed by atoms with Crippen LogP contribution in [0.3, 0.4) is 0 Å². The largest absolute Gasteiger partial charge is 0.357 e. The lowest BCUT2D eigenvalue weighted by Gasteiger charge is -2.45. The minimum Gasteiger partial charge on any atom is -0.357 e. The number of para-hydroxylation sites is 1. The molecule has 1 fully saturated rings. The Bertz CT molecular complexity index is 516. The van der Waals surface area contributed by atoms with Gasteiger partial charge in [0, 0.05) is 12.2 Å². The summed E-state index contributed by atoms with van der Waals surface area (Å²) in [6.07, 6.45) is 0. The fourth-order valence-electron chi connectivity index (χ4n) is 2.42. The molecule has 0 spiro atoms. The van der Waals surface area contributed by atoms with Crippen LogP contribution in [0.15, 0.2) is 72.8 Å². The molecule has 0 aromatic heterocycles. The first-order chi connectivity index (χ1) is 8.36. The average Bonchev–Trinajstić information content (AvgIpc) is 2.38. The number of hydrogen-bond donors (Lipinski definition) is 0. The predicted octanol–water partition coefficient (Wildman–Crippen LogP) is 3.80. The van der Waals surface area contributed by atoms with Crippen LogP contribution < -0.4 is 4.90 Å². The van der Waals surface area contributed by atoms with Gasteiger partial charge in [0.25, 0.3) is 0 Å². The van der Waals surface area contributed by atoms with Crippen LogP contribution >= 0.6 is 0 Å². The quantitative estimate of drug-likeness (QED) is 0.697. The average molecular weight is 221 g/mol. The Morgan fingerprint density at radius 1 is 0.882 bits per heavy atom. The van der Waals surface area contributed by atoms with Crippen molar-refractivity contribution < 1.29 is 0 Å². The highest BCUT2D eigenvalue weighted by Gasteiger charge is 2.32. The molecule has 0 radical (unpaired) electrons. The highest BCUT2D eigenvalue weighted by atomic mass is 15.2. The van der Waals surface area contributed by atoms with Gasteiger partial charge in [0.2, 0.25) is 0 Å². The Labute approximate surface area is 102 Å². The van der Waals surface area contributed by atoms with Crippen LogP contribution in [0.4, 0.5) is 5.69 Å². The van der Waals surface area contributed by atoms with E-state index in [1.165, 1.54) is 16.8 Å². The molecule has 0 aliphatic carbocycles. The first-order valence-corrected chi connectivity index (χ1v) is 5.90. The van der Waals surface area contributed by atoms with Crippen molar-refractivity contribution in [2.45, 2.75) is 6.04 Å². The van der Waals surface area contributed by atoms with Crippen LogP contribution in [-0.2, 0) is 0 Å². The van der Waals surface area contributed by atoms with Crippen molar-refractivity contribution in [1.82, 2.24) is 0 Å². The molecule has 0 bridgehead atoms. The Kier molecular flexibility index (Phi) is 2.45. The summed E-state index contributed by atoms with van der Waals surface area (Å²) in [4.78, 5) is 2.39. The van der Waals surface area contributed by atoms with Gasteiger partial charge in [0.05, 0.1) is 6.04 Å². The van der Waals surface area contributed by atoms with Gasteiger partial charge in [-0.15, -0.1) is 0 Å². The zero-order chi connectivity index (χ0) is 11.7. The van der Waals surface area contributed by atoms with E-state index in [4.69, 9.17) is 0 Å². The summed E-state index contributed by atoms with van der Waals surface area (Å²) < 4.78 is 0. The molecule has 1 aliphatic heterocycles. The fraction of sp³-hybridized carbons (Fsp3) is 0.125. The molecular formula is C16H15N. The molecule has 1 heterocycles. The molecular weight excluding hydrogens is 206 g/mol. The van der Waals surface area contributed by atoms with Crippen molar-refractivity contribution in [3.8, 4) is 0 Å². The van der Waals surface area contributed by atoms with E-state index in [0.29, 0.717) is 6.04 Å². The molecule has 2 aromatic carbocycles. The standard InChI is InChI=1S/C16H15N/c1-13-12-17(15-10-6-3-7-11-15)16(13)14-8-4-2-5-9-14/h2-11,16H,1,12H2. The van der Waals surface area contributed by atoms with Crippen LogP contribution in [-0.4, -0.2) is 6.54 Å². The molecule has 1 nitrogen and oxygen atoms in total. The normalized spacial score (nSPS) is 18.9. The predicted molar refractivity (Wildman–Crippen MR) is 72.1 cm³/mol. The Morgan fingerprint density at radius 3 is 2.06 bits per heavy atom.